The fraction of sp³-hybridized carbons (Fsp3) is 0.571. The summed E-state index contributed by atoms with van der Waals surface area (Å²) in [5.74, 6) is 1.08. The zero-order valence-corrected chi connectivity index (χ0v) is 11.7. The lowest BCUT2D eigenvalue weighted by Crippen LogP contribution is -2.46. The fourth-order valence-electron chi connectivity index (χ4n) is 2.82. The highest BCUT2D eigenvalue weighted by molar-refractivity contribution is 5.87. The van der Waals surface area contributed by atoms with Crippen molar-refractivity contribution in [1.29, 1.82) is 0 Å². The monoisotopic (exact) mass is 259 g/mol. The second-order valence-corrected chi connectivity index (χ2v) is 5.19. The van der Waals surface area contributed by atoms with Crippen molar-refractivity contribution in [2.24, 2.45) is 7.05 Å². The van der Waals surface area contributed by atoms with Gasteiger partial charge in [0, 0.05) is 39.4 Å². The van der Waals surface area contributed by atoms with Gasteiger partial charge in [-0.25, -0.2) is 9.97 Å². The van der Waals surface area contributed by atoms with Gasteiger partial charge in [-0.05, 0) is 19.0 Å². The summed E-state index contributed by atoms with van der Waals surface area (Å²) >= 11 is 0. The maximum Gasteiger partial charge on any atom is 0.145 e. The minimum absolute atomic E-state index is 1.01. The standard InChI is InChI=1S/C14H21N5/c1-3-5-18-7-9-19(10-8-18)14-12-4-6-17(2)13(12)15-11-16-14/h4,6,11H,3,5,7-10H2,1-2H3. The van der Waals surface area contributed by atoms with E-state index in [-0.39, 0.29) is 0 Å². The Hall–Kier alpha value is -1.62. The molecule has 102 valence electrons. The Bertz CT molecular complexity index is 554. The molecule has 0 aromatic carbocycles. The highest BCUT2D eigenvalue weighted by Crippen LogP contribution is 2.24. The number of aromatic nitrogens is 3. The Morgan fingerprint density at radius 2 is 1.95 bits per heavy atom. The molecule has 2 aromatic heterocycles. The summed E-state index contributed by atoms with van der Waals surface area (Å²) in [5.41, 5.74) is 1.01. The van der Waals surface area contributed by atoms with E-state index < -0.39 is 0 Å². The molecular weight excluding hydrogens is 238 g/mol. The van der Waals surface area contributed by atoms with Gasteiger partial charge in [0.1, 0.15) is 17.8 Å². The molecule has 0 aliphatic carbocycles. The van der Waals surface area contributed by atoms with Gasteiger partial charge in [0.05, 0.1) is 5.39 Å². The smallest absolute Gasteiger partial charge is 0.145 e. The second-order valence-electron chi connectivity index (χ2n) is 5.19. The molecule has 19 heavy (non-hydrogen) atoms. The molecular formula is C14H21N5. The van der Waals surface area contributed by atoms with Gasteiger partial charge in [-0.15, -0.1) is 0 Å². The fourth-order valence-corrected chi connectivity index (χ4v) is 2.82. The number of nitrogens with zero attached hydrogens (tertiary/aromatic N) is 5. The molecule has 3 rings (SSSR count). The van der Waals surface area contributed by atoms with E-state index in [4.69, 9.17) is 0 Å². The van der Waals surface area contributed by atoms with E-state index in [0.717, 1.165) is 43.0 Å². The molecule has 1 aliphatic heterocycles. The topological polar surface area (TPSA) is 37.2 Å². The number of aryl methyl sites for hydroxylation is 1. The van der Waals surface area contributed by atoms with Crippen LogP contribution >= 0.6 is 0 Å². The number of anilines is 1. The van der Waals surface area contributed by atoms with Gasteiger partial charge < -0.3 is 9.47 Å². The SMILES string of the molecule is CCCN1CCN(c2ncnc3c2ccn3C)CC1. The van der Waals surface area contributed by atoms with Crippen LogP contribution in [-0.2, 0) is 7.05 Å². The van der Waals surface area contributed by atoms with E-state index >= 15 is 0 Å². The highest BCUT2D eigenvalue weighted by atomic mass is 15.3. The number of rotatable bonds is 3. The summed E-state index contributed by atoms with van der Waals surface area (Å²) < 4.78 is 2.05. The lowest BCUT2D eigenvalue weighted by atomic mass is 10.2. The third kappa shape index (κ3) is 2.30. The Labute approximate surface area is 113 Å². The molecule has 5 heteroatoms. The first-order chi connectivity index (χ1) is 9.29. The molecule has 3 heterocycles. The summed E-state index contributed by atoms with van der Waals surface area (Å²) in [6.45, 7) is 7.82. The van der Waals surface area contributed by atoms with Crippen molar-refractivity contribution in [1.82, 2.24) is 19.4 Å². The molecule has 1 aliphatic rings. The van der Waals surface area contributed by atoms with Crippen LogP contribution < -0.4 is 4.90 Å². The largest absolute Gasteiger partial charge is 0.353 e. The van der Waals surface area contributed by atoms with E-state index in [9.17, 15) is 0 Å². The van der Waals surface area contributed by atoms with Crippen LogP contribution in [0.2, 0.25) is 0 Å². The number of hydrogen-bond donors (Lipinski definition) is 0. The Morgan fingerprint density at radius 1 is 1.16 bits per heavy atom. The van der Waals surface area contributed by atoms with Crippen LogP contribution in [0.5, 0.6) is 0 Å². The first-order valence-corrected chi connectivity index (χ1v) is 7.03. The molecule has 5 nitrogen and oxygen atoms in total. The van der Waals surface area contributed by atoms with Gasteiger partial charge in [0.2, 0.25) is 0 Å². The molecule has 1 fully saturated rings. The maximum absolute atomic E-state index is 4.50. The van der Waals surface area contributed by atoms with Crippen molar-refractivity contribution in [3.05, 3.63) is 18.6 Å². The zero-order valence-electron chi connectivity index (χ0n) is 11.7. The average Bonchev–Trinajstić information content (AvgIpc) is 2.82. The minimum Gasteiger partial charge on any atom is -0.353 e. The van der Waals surface area contributed by atoms with Crippen LogP contribution in [0.1, 0.15) is 13.3 Å². The second kappa shape index (κ2) is 5.17. The predicted octanol–water partition coefficient (Wildman–Crippen LogP) is 1.50. The number of piperazine rings is 1. The third-order valence-electron chi connectivity index (χ3n) is 3.85. The minimum atomic E-state index is 1.01. The van der Waals surface area contributed by atoms with Crippen LogP contribution in [0.25, 0.3) is 11.0 Å². The molecule has 0 spiro atoms. The Balaban J connectivity index is 1.82. The molecule has 0 radical (unpaired) electrons. The van der Waals surface area contributed by atoms with Gasteiger partial charge >= 0.3 is 0 Å². The summed E-state index contributed by atoms with van der Waals surface area (Å²) in [7, 11) is 2.03. The molecule has 0 atom stereocenters. The van der Waals surface area contributed by atoms with Crippen LogP contribution in [0.3, 0.4) is 0 Å². The van der Waals surface area contributed by atoms with Gasteiger partial charge in [0.25, 0.3) is 0 Å². The maximum atomic E-state index is 4.50. The summed E-state index contributed by atoms with van der Waals surface area (Å²) in [5, 5.41) is 1.16. The molecule has 0 amide bonds. The van der Waals surface area contributed by atoms with Crippen molar-refractivity contribution in [2.45, 2.75) is 13.3 Å². The lowest BCUT2D eigenvalue weighted by Gasteiger charge is -2.35. The van der Waals surface area contributed by atoms with Crippen LogP contribution in [0.15, 0.2) is 18.6 Å². The molecule has 0 saturated carbocycles. The van der Waals surface area contributed by atoms with Crippen molar-refractivity contribution in [2.75, 3.05) is 37.6 Å². The van der Waals surface area contributed by atoms with Crippen LogP contribution in [0, 0.1) is 0 Å². The van der Waals surface area contributed by atoms with E-state index in [2.05, 4.69) is 39.0 Å². The third-order valence-corrected chi connectivity index (χ3v) is 3.85. The predicted molar refractivity (Wildman–Crippen MR) is 77.5 cm³/mol. The van der Waals surface area contributed by atoms with Gasteiger partial charge in [-0.2, -0.15) is 0 Å². The summed E-state index contributed by atoms with van der Waals surface area (Å²) in [6, 6.07) is 2.11. The number of hydrogen-bond acceptors (Lipinski definition) is 4. The van der Waals surface area contributed by atoms with E-state index in [1.165, 1.54) is 13.0 Å². The van der Waals surface area contributed by atoms with Crippen molar-refractivity contribution >= 4 is 16.9 Å². The van der Waals surface area contributed by atoms with Crippen LogP contribution in [0.4, 0.5) is 5.82 Å². The summed E-state index contributed by atoms with van der Waals surface area (Å²) in [6.07, 6.45) is 4.96. The van der Waals surface area contributed by atoms with Crippen LogP contribution in [-0.4, -0.2) is 52.2 Å². The average molecular weight is 259 g/mol. The zero-order chi connectivity index (χ0) is 13.2. The van der Waals surface area contributed by atoms with Crippen molar-refractivity contribution < 1.29 is 0 Å². The van der Waals surface area contributed by atoms with E-state index in [1.807, 2.05) is 11.6 Å². The lowest BCUT2D eigenvalue weighted by molar-refractivity contribution is 0.258. The summed E-state index contributed by atoms with van der Waals surface area (Å²) in [4.78, 5) is 13.8. The number of fused-ring (bicyclic) bond motifs is 1. The van der Waals surface area contributed by atoms with Gasteiger partial charge in [-0.3, -0.25) is 4.90 Å². The first kappa shape index (κ1) is 12.4. The first-order valence-electron chi connectivity index (χ1n) is 7.03. The van der Waals surface area contributed by atoms with Crippen molar-refractivity contribution in [3.8, 4) is 0 Å². The Morgan fingerprint density at radius 3 is 2.68 bits per heavy atom. The van der Waals surface area contributed by atoms with Gasteiger partial charge in [-0.1, -0.05) is 6.92 Å². The molecule has 1 saturated heterocycles. The quantitative estimate of drug-likeness (QED) is 0.837. The normalized spacial score (nSPS) is 17.3. The Kier molecular flexibility index (Phi) is 3.38. The molecule has 0 N–H and O–H groups in total. The molecule has 0 bridgehead atoms. The van der Waals surface area contributed by atoms with E-state index in [0.29, 0.717) is 0 Å². The van der Waals surface area contributed by atoms with Gasteiger partial charge in [0.15, 0.2) is 0 Å². The highest BCUT2D eigenvalue weighted by Gasteiger charge is 2.19. The van der Waals surface area contributed by atoms with Crippen molar-refractivity contribution in [3.63, 3.8) is 0 Å². The molecule has 2 aromatic rings. The molecule has 0 unspecified atom stereocenters. The van der Waals surface area contributed by atoms with E-state index in [1.54, 1.807) is 6.33 Å².